The number of nitrogens with zero attached hydrogens (tertiary/aromatic N) is 1. The molecule has 7 nitrogen and oxygen atoms in total. The van der Waals surface area contributed by atoms with Crippen molar-refractivity contribution in [3.05, 3.63) is 42.2 Å². The third kappa shape index (κ3) is 6.64. The Morgan fingerprint density at radius 2 is 1.89 bits per heavy atom. The summed E-state index contributed by atoms with van der Waals surface area (Å²) >= 11 is 0. The summed E-state index contributed by atoms with van der Waals surface area (Å²) in [5.41, 5.74) is 1.47. The Kier molecular flexibility index (Phi) is 8.39. The minimum Gasteiger partial charge on any atom is -0.495 e. The number of aromatic nitrogens is 1. The molecule has 0 saturated heterocycles. The van der Waals surface area contributed by atoms with Gasteiger partial charge in [0.25, 0.3) is 0 Å². The van der Waals surface area contributed by atoms with Crippen LogP contribution in [0, 0.1) is 5.92 Å². The van der Waals surface area contributed by atoms with Crippen molar-refractivity contribution in [1.82, 2.24) is 10.3 Å². The van der Waals surface area contributed by atoms with E-state index in [1.807, 2.05) is 0 Å². The molecule has 0 spiro atoms. The van der Waals surface area contributed by atoms with E-state index in [1.165, 1.54) is 0 Å². The van der Waals surface area contributed by atoms with Crippen LogP contribution in [0.3, 0.4) is 0 Å². The van der Waals surface area contributed by atoms with Crippen molar-refractivity contribution in [2.45, 2.75) is 33.2 Å². The van der Waals surface area contributed by atoms with E-state index in [0.29, 0.717) is 42.0 Å². The molecule has 1 heterocycles. The maximum absolute atomic E-state index is 12.2. The molecule has 152 valence electrons. The lowest BCUT2D eigenvalue weighted by Gasteiger charge is -2.14. The molecule has 0 radical (unpaired) electrons. The first-order valence-electron chi connectivity index (χ1n) is 9.36. The van der Waals surface area contributed by atoms with Crippen molar-refractivity contribution in [2.75, 3.05) is 26.1 Å². The molecule has 2 aromatic rings. The van der Waals surface area contributed by atoms with Crippen molar-refractivity contribution in [2.24, 2.45) is 5.92 Å². The number of anilines is 1. The number of urea groups is 1. The van der Waals surface area contributed by atoms with Crippen molar-refractivity contribution in [3.63, 3.8) is 0 Å². The summed E-state index contributed by atoms with van der Waals surface area (Å²) < 4.78 is 16.4. The standard InChI is InChI=1S/C21H29N3O4/c1-15(2)6-5-11-28-19-12-17(7-8-18(19)26-3)24-21(25)23-13-16-9-10-22-14-20(16)27-4/h7-10,12,14-15H,5-6,11,13H2,1-4H3,(H2,23,24,25). The van der Waals surface area contributed by atoms with E-state index in [1.54, 1.807) is 50.9 Å². The highest BCUT2D eigenvalue weighted by molar-refractivity contribution is 5.89. The lowest BCUT2D eigenvalue weighted by Crippen LogP contribution is -2.28. The van der Waals surface area contributed by atoms with E-state index >= 15 is 0 Å². The third-order valence-electron chi connectivity index (χ3n) is 4.13. The topological polar surface area (TPSA) is 81.7 Å². The molecule has 1 aromatic carbocycles. The molecule has 0 saturated carbocycles. The van der Waals surface area contributed by atoms with Crippen LogP contribution in [-0.2, 0) is 6.54 Å². The van der Waals surface area contributed by atoms with Crippen molar-refractivity contribution < 1.29 is 19.0 Å². The molecule has 2 rings (SSSR count). The van der Waals surface area contributed by atoms with E-state index in [4.69, 9.17) is 14.2 Å². The van der Waals surface area contributed by atoms with Gasteiger partial charge >= 0.3 is 6.03 Å². The quantitative estimate of drug-likeness (QED) is 0.596. The zero-order chi connectivity index (χ0) is 20.4. The predicted octanol–water partition coefficient (Wildman–Crippen LogP) is 4.24. The molecular formula is C21H29N3O4. The van der Waals surface area contributed by atoms with Gasteiger partial charge in [0.15, 0.2) is 11.5 Å². The Morgan fingerprint density at radius 1 is 1.11 bits per heavy atom. The van der Waals surface area contributed by atoms with Gasteiger partial charge in [0.1, 0.15) is 5.75 Å². The first-order valence-corrected chi connectivity index (χ1v) is 9.36. The van der Waals surface area contributed by atoms with Gasteiger partial charge in [0.2, 0.25) is 0 Å². The number of carbonyl (C=O) groups excluding carboxylic acids is 1. The van der Waals surface area contributed by atoms with E-state index in [0.717, 1.165) is 18.4 Å². The number of nitrogens with one attached hydrogen (secondary N) is 2. The van der Waals surface area contributed by atoms with Crippen molar-refractivity contribution in [3.8, 4) is 17.2 Å². The zero-order valence-electron chi connectivity index (χ0n) is 17.0. The van der Waals surface area contributed by atoms with Crippen LogP contribution in [0.2, 0.25) is 0 Å². The summed E-state index contributed by atoms with van der Waals surface area (Å²) in [6.45, 7) is 5.30. The molecule has 1 aromatic heterocycles. The van der Waals surface area contributed by atoms with Crippen LogP contribution in [0.4, 0.5) is 10.5 Å². The van der Waals surface area contributed by atoms with Crippen LogP contribution in [0.25, 0.3) is 0 Å². The van der Waals surface area contributed by atoms with Crippen LogP contribution in [0.5, 0.6) is 17.2 Å². The highest BCUT2D eigenvalue weighted by Gasteiger charge is 2.09. The summed E-state index contributed by atoms with van der Waals surface area (Å²) in [5, 5.41) is 5.61. The first-order chi connectivity index (χ1) is 13.5. The van der Waals surface area contributed by atoms with Gasteiger partial charge in [-0.1, -0.05) is 13.8 Å². The Hall–Kier alpha value is -2.96. The fourth-order valence-electron chi connectivity index (χ4n) is 2.63. The van der Waals surface area contributed by atoms with Crippen LogP contribution in [0.15, 0.2) is 36.7 Å². The number of methoxy groups -OCH3 is 2. The number of amides is 2. The molecule has 0 aliphatic carbocycles. The van der Waals surface area contributed by atoms with E-state index in [2.05, 4.69) is 29.5 Å². The van der Waals surface area contributed by atoms with Gasteiger partial charge < -0.3 is 24.8 Å². The average Bonchev–Trinajstić information content (AvgIpc) is 2.70. The Morgan fingerprint density at radius 3 is 2.61 bits per heavy atom. The second kappa shape index (κ2) is 11.0. The monoisotopic (exact) mass is 387 g/mol. The van der Waals surface area contributed by atoms with Crippen molar-refractivity contribution in [1.29, 1.82) is 0 Å². The fraction of sp³-hybridized carbons (Fsp3) is 0.429. The summed E-state index contributed by atoms with van der Waals surface area (Å²) in [6, 6.07) is 6.79. The number of rotatable bonds is 10. The molecule has 0 fully saturated rings. The molecule has 0 unspecified atom stereocenters. The lowest BCUT2D eigenvalue weighted by atomic mass is 10.1. The minimum absolute atomic E-state index is 0.324. The average molecular weight is 387 g/mol. The predicted molar refractivity (Wildman–Crippen MR) is 109 cm³/mol. The number of hydrogen-bond acceptors (Lipinski definition) is 5. The SMILES string of the molecule is COc1cnccc1CNC(=O)Nc1ccc(OC)c(OCCCC(C)C)c1. The van der Waals surface area contributed by atoms with Gasteiger partial charge in [0, 0.05) is 30.1 Å². The highest BCUT2D eigenvalue weighted by atomic mass is 16.5. The maximum atomic E-state index is 12.2. The molecule has 0 atom stereocenters. The number of hydrogen-bond donors (Lipinski definition) is 2. The van der Waals surface area contributed by atoms with Gasteiger partial charge in [0.05, 0.1) is 27.0 Å². The number of ether oxygens (including phenoxy) is 3. The third-order valence-corrected chi connectivity index (χ3v) is 4.13. The number of benzene rings is 1. The molecule has 2 amide bonds. The second-order valence-electron chi connectivity index (χ2n) is 6.75. The summed E-state index contributed by atoms with van der Waals surface area (Å²) in [5.74, 6) is 2.52. The maximum Gasteiger partial charge on any atom is 0.319 e. The van der Waals surface area contributed by atoms with Gasteiger partial charge in [-0.25, -0.2) is 4.79 Å². The molecule has 0 aliphatic heterocycles. The Balaban J connectivity index is 1.93. The van der Waals surface area contributed by atoms with Crippen LogP contribution in [-0.4, -0.2) is 31.8 Å². The van der Waals surface area contributed by atoms with Gasteiger partial charge in [-0.3, -0.25) is 4.98 Å². The van der Waals surface area contributed by atoms with Gasteiger partial charge in [-0.05, 0) is 37.0 Å². The summed E-state index contributed by atoms with van der Waals surface area (Å²) in [4.78, 5) is 16.2. The normalized spacial score (nSPS) is 10.5. The molecule has 28 heavy (non-hydrogen) atoms. The molecule has 0 bridgehead atoms. The largest absolute Gasteiger partial charge is 0.495 e. The second-order valence-corrected chi connectivity index (χ2v) is 6.75. The summed E-state index contributed by atoms with van der Waals surface area (Å²) in [6.07, 6.45) is 5.33. The Labute approximate surface area is 166 Å². The smallest absolute Gasteiger partial charge is 0.319 e. The fourth-order valence-corrected chi connectivity index (χ4v) is 2.63. The van der Waals surface area contributed by atoms with Crippen molar-refractivity contribution >= 4 is 11.7 Å². The first kappa shape index (κ1) is 21.3. The van der Waals surface area contributed by atoms with Crippen LogP contribution < -0.4 is 24.8 Å². The number of carbonyl (C=O) groups is 1. The van der Waals surface area contributed by atoms with Crippen LogP contribution in [0.1, 0.15) is 32.3 Å². The van der Waals surface area contributed by atoms with E-state index in [-0.39, 0.29) is 6.03 Å². The highest BCUT2D eigenvalue weighted by Crippen LogP contribution is 2.30. The lowest BCUT2D eigenvalue weighted by molar-refractivity contribution is 0.251. The summed E-state index contributed by atoms with van der Waals surface area (Å²) in [7, 11) is 3.17. The number of pyridine rings is 1. The van der Waals surface area contributed by atoms with Crippen LogP contribution >= 0.6 is 0 Å². The molecule has 0 aliphatic rings. The molecule has 7 heteroatoms. The Bertz CT molecular complexity index is 765. The molecular weight excluding hydrogens is 358 g/mol. The van der Waals surface area contributed by atoms with Gasteiger partial charge in [-0.15, -0.1) is 0 Å². The van der Waals surface area contributed by atoms with E-state index in [9.17, 15) is 4.79 Å². The zero-order valence-corrected chi connectivity index (χ0v) is 17.0. The van der Waals surface area contributed by atoms with E-state index < -0.39 is 0 Å². The molecule has 2 N–H and O–H groups in total. The minimum atomic E-state index is -0.324. The van der Waals surface area contributed by atoms with Gasteiger partial charge in [-0.2, -0.15) is 0 Å².